The van der Waals surface area contributed by atoms with E-state index in [1.54, 1.807) is 0 Å². The van der Waals surface area contributed by atoms with Gasteiger partial charge in [0.1, 0.15) is 0 Å². The number of nitrogens with two attached hydrogens (primary N) is 1. The maximum absolute atomic E-state index is 8.81. The Labute approximate surface area is 81.2 Å². The van der Waals surface area contributed by atoms with Gasteiger partial charge >= 0.3 is 0 Å². The van der Waals surface area contributed by atoms with Crippen molar-refractivity contribution in [3.05, 3.63) is 12.7 Å². The molecule has 3 N–H and O–H groups in total. The monoisotopic (exact) mass is 186 g/mol. The van der Waals surface area contributed by atoms with E-state index >= 15 is 0 Å². The van der Waals surface area contributed by atoms with Crippen molar-refractivity contribution in [3.8, 4) is 0 Å². The zero-order valence-electron chi connectivity index (χ0n) is 8.58. The molecule has 0 saturated heterocycles. The van der Waals surface area contributed by atoms with Gasteiger partial charge in [-0.3, -0.25) is 4.90 Å². The predicted octanol–water partition coefficient (Wildman–Crippen LogP) is 0.452. The first-order chi connectivity index (χ1) is 6.28. The van der Waals surface area contributed by atoms with E-state index in [1.165, 1.54) is 0 Å². The average Bonchev–Trinajstić information content (AvgIpc) is 2.14. The molecule has 13 heavy (non-hydrogen) atoms. The molecular weight excluding hydrogens is 164 g/mol. The molecule has 1 atom stereocenters. The number of aliphatic hydroxyl groups is 1. The molecule has 0 aliphatic carbocycles. The zero-order chi connectivity index (χ0) is 10.1. The molecule has 0 bridgehead atoms. The van der Waals surface area contributed by atoms with E-state index in [4.69, 9.17) is 10.8 Å². The highest BCUT2D eigenvalue weighted by Crippen LogP contribution is 2.03. The minimum Gasteiger partial charge on any atom is -0.395 e. The van der Waals surface area contributed by atoms with Crippen LogP contribution in [0.2, 0.25) is 0 Å². The van der Waals surface area contributed by atoms with Gasteiger partial charge in [-0.15, -0.1) is 6.58 Å². The quantitative estimate of drug-likeness (QED) is 0.541. The van der Waals surface area contributed by atoms with E-state index in [2.05, 4.69) is 18.4 Å². The maximum Gasteiger partial charge on any atom is 0.0558 e. The lowest BCUT2D eigenvalue weighted by Gasteiger charge is -2.24. The Bertz CT molecular complexity index is 124. The van der Waals surface area contributed by atoms with Crippen LogP contribution in [-0.4, -0.2) is 42.8 Å². The molecule has 0 amide bonds. The minimum absolute atomic E-state index is 0.203. The van der Waals surface area contributed by atoms with Gasteiger partial charge in [0.05, 0.1) is 6.61 Å². The van der Waals surface area contributed by atoms with Crippen LogP contribution in [0.5, 0.6) is 0 Å². The number of hydrogen-bond donors (Lipinski definition) is 2. The summed E-state index contributed by atoms with van der Waals surface area (Å²) < 4.78 is 0. The second-order valence-electron chi connectivity index (χ2n) is 3.28. The zero-order valence-corrected chi connectivity index (χ0v) is 8.58. The van der Waals surface area contributed by atoms with Gasteiger partial charge in [-0.05, 0) is 12.5 Å². The van der Waals surface area contributed by atoms with Crippen LogP contribution in [0.1, 0.15) is 13.3 Å². The highest BCUT2D eigenvalue weighted by molar-refractivity contribution is 4.75. The van der Waals surface area contributed by atoms with E-state index in [0.717, 1.165) is 26.1 Å². The Balaban J connectivity index is 3.82. The topological polar surface area (TPSA) is 49.5 Å². The molecule has 0 spiro atoms. The van der Waals surface area contributed by atoms with E-state index in [-0.39, 0.29) is 6.61 Å². The van der Waals surface area contributed by atoms with Crippen LogP contribution in [0, 0.1) is 5.92 Å². The van der Waals surface area contributed by atoms with Crippen molar-refractivity contribution < 1.29 is 5.11 Å². The Morgan fingerprint density at radius 1 is 1.62 bits per heavy atom. The molecule has 0 saturated carbocycles. The fourth-order valence-corrected chi connectivity index (χ4v) is 1.32. The van der Waals surface area contributed by atoms with Crippen molar-refractivity contribution in [1.82, 2.24) is 4.90 Å². The SMILES string of the molecule is C=CCN(CCO)CC(CC)CN. The molecule has 0 heterocycles. The van der Waals surface area contributed by atoms with Gasteiger partial charge in [0, 0.05) is 19.6 Å². The van der Waals surface area contributed by atoms with Gasteiger partial charge in [-0.1, -0.05) is 19.4 Å². The van der Waals surface area contributed by atoms with Crippen LogP contribution in [0.3, 0.4) is 0 Å². The highest BCUT2D eigenvalue weighted by atomic mass is 16.3. The summed E-state index contributed by atoms with van der Waals surface area (Å²) in [6.07, 6.45) is 2.95. The molecule has 3 heteroatoms. The third-order valence-electron chi connectivity index (χ3n) is 2.23. The Kier molecular flexibility index (Phi) is 7.99. The van der Waals surface area contributed by atoms with Gasteiger partial charge in [0.2, 0.25) is 0 Å². The molecule has 0 aliphatic rings. The molecule has 0 aromatic heterocycles. The van der Waals surface area contributed by atoms with Crippen LogP contribution < -0.4 is 5.73 Å². The summed E-state index contributed by atoms with van der Waals surface area (Å²) in [6, 6.07) is 0. The van der Waals surface area contributed by atoms with Crippen LogP contribution in [-0.2, 0) is 0 Å². The van der Waals surface area contributed by atoms with Crippen molar-refractivity contribution in [2.24, 2.45) is 11.7 Å². The van der Waals surface area contributed by atoms with E-state index in [9.17, 15) is 0 Å². The molecule has 1 unspecified atom stereocenters. The van der Waals surface area contributed by atoms with Crippen LogP contribution in [0.4, 0.5) is 0 Å². The van der Waals surface area contributed by atoms with Crippen molar-refractivity contribution in [1.29, 1.82) is 0 Å². The fourth-order valence-electron chi connectivity index (χ4n) is 1.32. The van der Waals surface area contributed by atoms with Gasteiger partial charge < -0.3 is 10.8 Å². The molecular formula is C10H22N2O. The Hall–Kier alpha value is -0.380. The molecule has 0 rings (SSSR count). The number of rotatable bonds is 8. The number of aliphatic hydroxyl groups excluding tert-OH is 1. The van der Waals surface area contributed by atoms with Crippen molar-refractivity contribution in [2.75, 3.05) is 32.8 Å². The standard InChI is InChI=1S/C10H22N2O/c1-3-5-12(6-7-13)9-10(4-2)8-11/h3,10,13H,1,4-9,11H2,2H3. The van der Waals surface area contributed by atoms with Gasteiger partial charge in [-0.25, -0.2) is 0 Å². The molecule has 0 aliphatic heterocycles. The van der Waals surface area contributed by atoms with Gasteiger partial charge in [0.15, 0.2) is 0 Å². The first-order valence-corrected chi connectivity index (χ1v) is 4.92. The summed E-state index contributed by atoms with van der Waals surface area (Å²) in [5, 5.41) is 8.81. The van der Waals surface area contributed by atoms with E-state index < -0.39 is 0 Å². The largest absolute Gasteiger partial charge is 0.395 e. The molecule has 0 fully saturated rings. The van der Waals surface area contributed by atoms with E-state index in [0.29, 0.717) is 12.5 Å². The van der Waals surface area contributed by atoms with Crippen LogP contribution >= 0.6 is 0 Å². The first kappa shape index (κ1) is 12.6. The smallest absolute Gasteiger partial charge is 0.0558 e. The average molecular weight is 186 g/mol. The molecule has 0 aromatic rings. The fraction of sp³-hybridized carbons (Fsp3) is 0.800. The molecule has 0 aromatic carbocycles. The van der Waals surface area contributed by atoms with E-state index in [1.807, 2.05) is 6.08 Å². The second kappa shape index (κ2) is 8.23. The normalized spacial score (nSPS) is 13.2. The minimum atomic E-state index is 0.203. The summed E-state index contributed by atoms with van der Waals surface area (Å²) in [7, 11) is 0. The second-order valence-corrected chi connectivity index (χ2v) is 3.28. The van der Waals surface area contributed by atoms with Crippen molar-refractivity contribution in [3.63, 3.8) is 0 Å². The van der Waals surface area contributed by atoms with Crippen LogP contribution in [0.25, 0.3) is 0 Å². The summed E-state index contributed by atoms with van der Waals surface area (Å²) in [6.45, 7) is 9.25. The number of hydrogen-bond acceptors (Lipinski definition) is 3. The summed E-state index contributed by atoms with van der Waals surface area (Å²) in [4.78, 5) is 2.17. The molecule has 3 nitrogen and oxygen atoms in total. The maximum atomic E-state index is 8.81. The Morgan fingerprint density at radius 3 is 2.69 bits per heavy atom. The van der Waals surface area contributed by atoms with Crippen molar-refractivity contribution in [2.45, 2.75) is 13.3 Å². The van der Waals surface area contributed by atoms with Crippen molar-refractivity contribution >= 4 is 0 Å². The lowest BCUT2D eigenvalue weighted by molar-refractivity contribution is 0.187. The molecule has 0 radical (unpaired) electrons. The third kappa shape index (κ3) is 5.80. The lowest BCUT2D eigenvalue weighted by atomic mass is 10.1. The lowest BCUT2D eigenvalue weighted by Crippen LogP contribution is -2.34. The highest BCUT2D eigenvalue weighted by Gasteiger charge is 2.09. The summed E-state index contributed by atoms with van der Waals surface area (Å²) in [5.74, 6) is 0.534. The third-order valence-corrected chi connectivity index (χ3v) is 2.23. The number of nitrogens with zero attached hydrogens (tertiary/aromatic N) is 1. The predicted molar refractivity (Wildman–Crippen MR) is 56.6 cm³/mol. The van der Waals surface area contributed by atoms with Gasteiger partial charge in [0.25, 0.3) is 0 Å². The molecule has 78 valence electrons. The van der Waals surface area contributed by atoms with Crippen LogP contribution in [0.15, 0.2) is 12.7 Å². The summed E-state index contributed by atoms with van der Waals surface area (Å²) >= 11 is 0. The summed E-state index contributed by atoms with van der Waals surface area (Å²) in [5.41, 5.74) is 5.61. The Morgan fingerprint density at radius 2 is 2.31 bits per heavy atom. The van der Waals surface area contributed by atoms with Gasteiger partial charge in [-0.2, -0.15) is 0 Å². The first-order valence-electron chi connectivity index (χ1n) is 4.92.